The van der Waals surface area contributed by atoms with Gasteiger partial charge in [0.2, 0.25) is 0 Å². The normalized spacial score (nSPS) is 10.4. The number of hydrogen-bond acceptors (Lipinski definition) is 1. The van der Waals surface area contributed by atoms with Gasteiger partial charge in [-0.3, -0.25) is 4.79 Å². The number of rotatable bonds is 3. The molecular formula is C16H15Br2NO. The fraction of sp³-hybridized carbons (Fsp3) is 0.188. The largest absolute Gasteiger partial charge is 0.322 e. The van der Waals surface area contributed by atoms with Crippen LogP contribution in [0.4, 0.5) is 5.69 Å². The van der Waals surface area contributed by atoms with Crippen LogP contribution in [-0.2, 0) is 6.42 Å². The molecule has 0 saturated carbocycles. The highest BCUT2D eigenvalue weighted by Gasteiger charge is 2.12. The summed E-state index contributed by atoms with van der Waals surface area (Å²) in [6, 6.07) is 11.6. The lowest BCUT2D eigenvalue weighted by Gasteiger charge is -2.11. The topological polar surface area (TPSA) is 29.1 Å². The number of benzene rings is 2. The maximum absolute atomic E-state index is 12.4. The Kier molecular flexibility index (Phi) is 5.00. The van der Waals surface area contributed by atoms with Crippen LogP contribution in [0.2, 0.25) is 0 Å². The van der Waals surface area contributed by atoms with Crippen LogP contribution in [0.3, 0.4) is 0 Å². The predicted octanol–water partition coefficient (Wildman–Crippen LogP) is 5.33. The third kappa shape index (κ3) is 3.49. The summed E-state index contributed by atoms with van der Waals surface area (Å²) in [5.74, 6) is -0.0994. The number of amides is 1. The zero-order valence-corrected chi connectivity index (χ0v) is 14.5. The van der Waals surface area contributed by atoms with E-state index in [9.17, 15) is 4.79 Å². The Hall–Kier alpha value is -1.13. The SMILES string of the molecule is CCc1cc(Br)ccc1NC(=O)c1cc(C)ccc1Br. The maximum Gasteiger partial charge on any atom is 0.256 e. The van der Waals surface area contributed by atoms with Crippen LogP contribution in [-0.4, -0.2) is 5.91 Å². The standard InChI is InChI=1S/C16H15Br2NO/c1-3-11-9-12(17)5-7-15(11)19-16(20)13-8-10(2)4-6-14(13)18/h4-9H,3H2,1-2H3,(H,19,20). The minimum atomic E-state index is -0.0994. The Balaban J connectivity index is 2.30. The van der Waals surface area contributed by atoms with Gasteiger partial charge in [-0.25, -0.2) is 0 Å². The molecule has 0 heterocycles. The predicted molar refractivity (Wildman–Crippen MR) is 90.4 cm³/mol. The maximum atomic E-state index is 12.4. The lowest BCUT2D eigenvalue weighted by Crippen LogP contribution is -2.14. The molecule has 0 aliphatic carbocycles. The fourth-order valence-electron chi connectivity index (χ4n) is 1.98. The average Bonchev–Trinajstić information content (AvgIpc) is 2.43. The van der Waals surface area contributed by atoms with E-state index in [0.29, 0.717) is 5.56 Å². The molecule has 0 aliphatic rings. The molecule has 1 amide bonds. The van der Waals surface area contributed by atoms with Gasteiger partial charge in [0.1, 0.15) is 0 Å². The second-order valence-electron chi connectivity index (χ2n) is 4.59. The molecule has 0 spiro atoms. The number of hydrogen-bond donors (Lipinski definition) is 1. The van der Waals surface area contributed by atoms with Crippen molar-refractivity contribution >= 4 is 43.5 Å². The third-order valence-corrected chi connectivity index (χ3v) is 4.25. The number of anilines is 1. The molecule has 0 fully saturated rings. The van der Waals surface area contributed by atoms with Crippen LogP contribution in [0, 0.1) is 6.92 Å². The molecule has 0 bridgehead atoms. The van der Waals surface area contributed by atoms with E-state index in [1.807, 2.05) is 43.3 Å². The minimum absolute atomic E-state index is 0.0994. The summed E-state index contributed by atoms with van der Waals surface area (Å²) in [6.45, 7) is 4.04. The molecule has 104 valence electrons. The first-order valence-electron chi connectivity index (χ1n) is 6.37. The highest BCUT2D eigenvalue weighted by Crippen LogP contribution is 2.24. The summed E-state index contributed by atoms with van der Waals surface area (Å²) < 4.78 is 1.82. The van der Waals surface area contributed by atoms with Crippen LogP contribution >= 0.6 is 31.9 Å². The highest BCUT2D eigenvalue weighted by molar-refractivity contribution is 9.10. The summed E-state index contributed by atoms with van der Waals surface area (Å²) in [6.07, 6.45) is 0.865. The van der Waals surface area contributed by atoms with Gasteiger partial charge in [-0.1, -0.05) is 34.5 Å². The summed E-state index contributed by atoms with van der Waals surface area (Å²) in [5.41, 5.74) is 3.67. The van der Waals surface area contributed by atoms with Gasteiger partial charge in [0.25, 0.3) is 5.91 Å². The molecule has 0 radical (unpaired) electrons. The van der Waals surface area contributed by atoms with Crippen molar-refractivity contribution in [1.29, 1.82) is 0 Å². The van der Waals surface area contributed by atoms with Crippen LogP contribution in [0.1, 0.15) is 28.4 Å². The van der Waals surface area contributed by atoms with E-state index < -0.39 is 0 Å². The fourth-order valence-corrected chi connectivity index (χ4v) is 2.81. The second-order valence-corrected chi connectivity index (χ2v) is 6.36. The Morgan fingerprint density at radius 1 is 1.15 bits per heavy atom. The summed E-state index contributed by atoms with van der Waals surface area (Å²) in [5, 5.41) is 2.98. The van der Waals surface area contributed by atoms with Gasteiger partial charge >= 0.3 is 0 Å². The number of halogens is 2. The molecule has 2 aromatic carbocycles. The molecule has 2 aromatic rings. The van der Waals surface area contributed by atoms with E-state index in [-0.39, 0.29) is 5.91 Å². The van der Waals surface area contributed by atoms with Crippen molar-refractivity contribution in [2.45, 2.75) is 20.3 Å². The highest BCUT2D eigenvalue weighted by atomic mass is 79.9. The van der Waals surface area contributed by atoms with Gasteiger partial charge in [0.05, 0.1) is 5.56 Å². The molecule has 4 heteroatoms. The van der Waals surface area contributed by atoms with Gasteiger partial charge in [-0.2, -0.15) is 0 Å². The van der Waals surface area contributed by atoms with E-state index in [2.05, 4.69) is 44.1 Å². The summed E-state index contributed by atoms with van der Waals surface area (Å²) in [7, 11) is 0. The Labute approximate surface area is 135 Å². The third-order valence-electron chi connectivity index (χ3n) is 3.06. The van der Waals surface area contributed by atoms with Crippen molar-refractivity contribution < 1.29 is 4.79 Å². The molecule has 2 nitrogen and oxygen atoms in total. The van der Waals surface area contributed by atoms with Crippen molar-refractivity contribution in [3.63, 3.8) is 0 Å². The number of carbonyl (C=O) groups excluding carboxylic acids is 1. The number of carbonyl (C=O) groups is 1. The van der Waals surface area contributed by atoms with Crippen molar-refractivity contribution in [2.75, 3.05) is 5.32 Å². The van der Waals surface area contributed by atoms with Gasteiger partial charge < -0.3 is 5.32 Å². The first kappa shape index (κ1) is 15.3. The van der Waals surface area contributed by atoms with E-state index in [4.69, 9.17) is 0 Å². The van der Waals surface area contributed by atoms with E-state index in [1.165, 1.54) is 0 Å². The first-order chi connectivity index (χ1) is 9.51. The molecular weight excluding hydrogens is 382 g/mol. The van der Waals surface area contributed by atoms with Crippen LogP contribution in [0.25, 0.3) is 0 Å². The molecule has 0 aliphatic heterocycles. The monoisotopic (exact) mass is 395 g/mol. The van der Waals surface area contributed by atoms with Crippen LogP contribution in [0.5, 0.6) is 0 Å². The zero-order chi connectivity index (χ0) is 14.7. The average molecular weight is 397 g/mol. The molecule has 0 unspecified atom stereocenters. The number of aryl methyl sites for hydroxylation is 2. The van der Waals surface area contributed by atoms with Crippen molar-refractivity contribution in [3.05, 3.63) is 62.0 Å². The summed E-state index contributed by atoms with van der Waals surface area (Å²) >= 11 is 6.87. The van der Waals surface area contributed by atoms with Crippen molar-refractivity contribution in [3.8, 4) is 0 Å². The van der Waals surface area contributed by atoms with Crippen molar-refractivity contribution in [1.82, 2.24) is 0 Å². The molecule has 20 heavy (non-hydrogen) atoms. The summed E-state index contributed by atoms with van der Waals surface area (Å²) in [4.78, 5) is 12.4. The van der Waals surface area contributed by atoms with Crippen LogP contribution < -0.4 is 5.32 Å². The minimum Gasteiger partial charge on any atom is -0.322 e. The quantitative estimate of drug-likeness (QED) is 0.745. The van der Waals surface area contributed by atoms with Gasteiger partial charge in [-0.05, 0) is 65.2 Å². The second kappa shape index (κ2) is 6.55. The van der Waals surface area contributed by atoms with Gasteiger partial charge in [0.15, 0.2) is 0 Å². The van der Waals surface area contributed by atoms with Gasteiger partial charge in [-0.15, -0.1) is 0 Å². The molecule has 0 aromatic heterocycles. The van der Waals surface area contributed by atoms with E-state index >= 15 is 0 Å². The molecule has 0 atom stereocenters. The van der Waals surface area contributed by atoms with E-state index in [1.54, 1.807) is 0 Å². The Morgan fingerprint density at radius 2 is 1.90 bits per heavy atom. The molecule has 0 saturated heterocycles. The first-order valence-corrected chi connectivity index (χ1v) is 7.95. The molecule has 2 rings (SSSR count). The zero-order valence-electron chi connectivity index (χ0n) is 11.3. The number of nitrogens with one attached hydrogen (secondary N) is 1. The Morgan fingerprint density at radius 3 is 2.60 bits per heavy atom. The Bertz CT molecular complexity index is 653. The lowest BCUT2D eigenvalue weighted by molar-refractivity contribution is 0.102. The molecule has 1 N–H and O–H groups in total. The van der Waals surface area contributed by atoms with Crippen LogP contribution in [0.15, 0.2) is 45.3 Å². The van der Waals surface area contributed by atoms with E-state index in [0.717, 1.165) is 32.2 Å². The van der Waals surface area contributed by atoms with Crippen molar-refractivity contribution in [2.24, 2.45) is 0 Å². The lowest BCUT2D eigenvalue weighted by atomic mass is 10.1. The smallest absolute Gasteiger partial charge is 0.256 e. The van der Waals surface area contributed by atoms with Gasteiger partial charge in [0, 0.05) is 14.6 Å².